The zero-order valence-electron chi connectivity index (χ0n) is 8.61. The van der Waals surface area contributed by atoms with Gasteiger partial charge in [0.2, 0.25) is 0 Å². The van der Waals surface area contributed by atoms with E-state index in [-0.39, 0.29) is 18.1 Å². The Labute approximate surface area is 94.5 Å². The second-order valence-electron chi connectivity index (χ2n) is 2.95. The Morgan fingerprint density at radius 1 is 1.38 bits per heavy atom. The largest absolute Gasteiger partial charge is 0.302 e. The molecule has 1 aromatic rings. The molecule has 6 heteroatoms. The van der Waals surface area contributed by atoms with Crippen molar-refractivity contribution in [3.05, 3.63) is 37.1 Å². The first kappa shape index (κ1) is 12.5. The molecule has 0 atom stereocenters. The van der Waals surface area contributed by atoms with Crippen molar-refractivity contribution in [3.8, 4) is 0 Å². The van der Waals surface area contributed by atoms with Crippen LogP contribution in [0, 0.1) is 0 Å². The van der Waals surface area contributed by atoms with Gasteiger partial charge in [-0.15, -0.1) is 6.58 Å². The normalized spacial score (nSPS) is 11.3. The lowest BCUT2D eigenvalue weighted by Crippen LogP contribution is -2.33. The van der Waals surface area contributed by atoms with E-state index in [2.05, 4.69) is 11.6 Å². The molecule has 0 saturated carbocycles. The molecule has 16 heavy (non-hydrogen) atoms. The van der Waals surface area contributed by atoms with Gasteiger partial charge in [-0.3, -0.25) is 0 Å². The van der Waals surface area contributed by atoms with Crippen LogP contribution in [0.1, 0.15) is 0 Å². The van der Waals surface area contributed by atoms with Gasteiger partial charge in [-0.05, 0) is 12.1 Å². The van der Waals surface area contributed by atoms with Crippen LogP contribution in [0.3, 0.4) is 0 Å². The fourth-order valence-electron chi connectivity index (χ4n) is 1.13. The highest BCUT2D eigenvalue weighted by molar-refractivity contribution is 7.89. The molecule has 1 heterocycles. The highest BCUT2D eigenvalue weighted by atomic mass is 32.2. The van der Waals surface area contributed by atoms with Crippen LogP contribution in [0.2, 0.25) is 0 Å². The molecule has 0 aromatic carbocycles. The first-order valence-corrected chi connectivity index (χ1v) is 6.02. The van der Waals surface area contributed by atoms with E-state index in [1.54, 1.807) is 12.1 Å². The summed E-state index contributed by atoms with van der Waals surface area (Å²) in [6, 6.07) is 4.58. The first-order valence-electron chi connectivity index (χ1n) is 4.58. The maximum absolute atomic E-state index is 12.0. The second-order valence-corrected chi connectivity index (χ2v) is 4.83. The number of hydrogen-bond donors (Lipinski definition) is 0. The second kappa shape index (κ2) is 5.53. The fraction of sp³-hybridized carbons (Fsp3) is 0.200. The van der Waals surface area contributed by atoms with Crippen molar-refractivity contribution in [1.82, 2.24) is 9.29 Å². The van der Waals surface area contributed by atoms with Gasteiger partial charge in [0.1, 0.15) is 6.29 Å². The van der Waals surface area contributed by atoms with E-state index >= 15 is 0 Å². The minimum Gasteiger partial charge on any atom is -0.302 e. The molecular formula is C10H12N2O3S. The predicted molar refractivity (Wildman–Crippen MR) is 59.3 cm³/mol. The number of pyridine rings is 1. The Bertz CT molecular complexity index is 446. The van der Waals surface area contributed by atoms with Gasteiger partial charge in [0.05, 0.1) is 6.54 Å². The zero-order valence-corrected chi connectivity index (χ0v) is 9.43. The number of aldehydes is 1. The SMILES string of the molecule is C=CCN(CC=O)S(=O)(=O)c1ccccn1. The predicted octanol–water partition coefficient (Wildman–Crippen LogP) is 0.457. The number of aromatic nitrogens is 1. The number of sulfonamides is 1. The molecule has 0 saturated heterocycles. The van der Waals surface area contributed by atoms with Crippen LogP contribution in [0.4, 0.5) is 0 Å². The average Bonchev–Trinajstić information content (AvgIpc) is 2.30. The monoisotopic (exact) mass is 240 g/mol. The highest BCUT2D eigenvalue weighted by Crippen LogP contribution is 2.11. The molecule has 86 valence electrons. The minimum absolute atomic E-state index is 0.0706. The topological polar surface area (TPSA) is 67.3 Å². The van der Waals surface area contributed by atoms with Crippen molar-refractivity contribution in [2.45, 2.75) is 5.03 Å². The minimum atomic E-state index is -3.71. The Balaban J connectivity index is 3.07. The molecule has 0 bridgehead atoms. The van der Waals surface area contributed by atoms with E-state index in [9.17, 15) is 13.2 Å². The lowest BCUT2D eigenvalue weighted by Gasteiger charge is -2.16. The lowest BCUT2D eigenvalue weighted by atomic mass is 10.5. The summed E-state index contributed by atoms with van der Waals surface area (Å²) in [5.74, 6) is 0. The van der Waals surface area contributed by atoms with E-state index in [1.165, 1.54) is 18.3 Å². The maximum atomic E-state index is 12.0. The van der Waals surface area contributed by atoms with Gasteiger partial charge in [0, 0.05) is 12.7 Å². The van der Waals surface area contributed by atoms with Crippen LogP contribution >= 0.6 is 0 Å². The summed E-state index contributed by atoms with van der Waals surface area (Å²) in [4.78, 5) is 14.2. The number of nitrogens with zero attached hydrogens (tertiary/aromatic N) is 2. The molecular weight excluding hydrogens is 228 g/mol. The highest BCUT2D eigenvalue weighted by Gasteiger charge is 2.23. The Morgan fingerprint density at radius 3 is 2.62 bits per heavy atom. The summed E-state index contributed by atoms with van der Waals surface area (Å²) in [5, 5.41) is -0.0706. The molecule has 1 aromatic heterocycles. The third kappa shape index (κ3) is 2.74. The quantitative estimate of drug-likeness (QED) is 0.535. The van der Waals surface area contributed by atoms with E-state index < -0.39 is 10.0 Å². The van der Waals surface area contributed by atoms with Gasteiger partial charge in [-0.25, -0.2) is 13.4 Å². The molecule has 0 fully saturated rings. The van der Waals surface area contributed by atoms with Gasteiger partial charge in [-0.1, -0.05) is 12.1 Å². The number of carbonyl (C=O) groups excluding carboxylic acids is 1. The molecule has 0 amide bonds. The molecule has 0 aliphatic carbocycles. The van der Waals surface area contributed by atoms with Crippen molar-refractivity contribution in [2.75, 3.05) is 13.1 Å². The van der Waals surface area contributed by atoms with Crippen LogP contribution in [-0.4, -0.2) is 37.1 Å². The molecule has 0 radical (unpaired) electrons. The van der Waals surface area contributed by atoms with Crippen LogP contribution in [-0.2, 0) is 14.8 Å². The van der Waals surface area contributed by atoms with Crippen molar-refractivity contribution in [1.29, 1.82) is 0 Å². The molecule has 0 aliphatic heterocycles. The van der Waals surface area contributed by atoms with Gasteiger partial charge in [0.15, 0.2) is 5.03 Å². The standard InChI is InChI=1S/C10H12N2O3S/c1-2-7-12(8-9-13)16(14,15)10-5-3-4-6-11-10/h2-6,9H,1,7-8H2. The Kier molecular flexibility index (Phi) is 4.33. The number of rotatable bonds is 6. The Hall–Kier alpha value is -1.53. The first-order chi connectivity index (χ1) is 7.62. The van der Waals surface area contributed by atoms with E-state index in [0.717, 1.165) is 4.31 Å². The summed E-state index contributed by atoms with van der Waals surface area (Å²) in [7, 11) is -3.71. The number of carbonyl (C=O) groups is 1. The van der Waals surface area contributed by atoms with E-state index in [0.29, 0.717) is 6.29 Å². The summed E-state index contributed by atoms with van der Waals surface area (Å²) in [6.07, 6.45) is 3.34. The van der Waals surface area contributed by atoms with Crippen LogP contribution in [0.25, 0.3) is 0 Å². The van der Waals surface area contributed by atoms with Crippen LogP contribution in [0.5, 0.6) is 0 Å². The molecule has 1 rings (SSSR count). The summed E-state index contributed by atoms with van der Waals surface area (Å²) in [6.45, 7) is 3.33. The molecule has 0 spiro atoms. The maximum Gasteiger partial charge on any atom is 0.261 e. The Morgan fingerprint density at radius 2 is 2.12 bits per heavy atom. The van der Waals surface area contributed by atoms with Crippen molar-refractivity contribution in [2.24, 2.45) is 0 Å². The van der Waals surface area contributed by atoms with Gasteiger partial charge >= 0.3 is 0 Å². The molecule has 0 N–H and O–H groups in total. The zero-order chi connectivity index (χ0) is 12.0. The van der Waals surface area contributed by atoms with Gasteiger partial charge in [-0.2, -0.15) is 4.31 Å². The van der Waals surface area contributed by atoms with Crippen LogP contribution < -0.4 is 0 Å². The van der Waals surface area contributed by atoms with Crippen molar-refractivity contribution in [3.63, 3.8) is 0 Å². The third-order valence-corrected chi connectivity index (χ3v) is 3.60. The van der Waals surface area contributed by atoms with Gasteiger partial charge in [0.25, 0.3) is 10.0 Å². The lowest BCUT2D eigenvalue weighted by molar-refractivity contribution is -0.108. The summed E-state index contributed by atoms with van der Waals surface area (Å²) < 4.78 is 24.9. The fourth-order valence-corrected chi connectivity index (χ4v) is 2.40. The van der Waals surface area contributed by atoms with Crippen molar-refractivity contribution >= 4 is 16.3 Å². The molecule has 0 aliphatic rings. The molecule has 0 unspecified atom stereocenters. The average molecular weight is 240 g/mol. The van der Waals surface area contributed by atoms with E-state index in [4.69, 9.17) is 0 Å². The smallest absolute Gasteiger partial charge is 0.261 e. The third-order valence-electron chi connectivity index (χ3n) is 1.85. The summed E-state index contributed by atoms with van der Waals surface area (Å²) >= 11 is 0. The summed E-state index contributed by atoms with van der Waals surface area (Å²) in [5.41, 5.74) is 0. The van der Waals surface area contributed by atoms with Crippen LogP contribution in [0.15, 0.2) is 42.1 Å². The van der Waals surface area contributed by atoms with Gasteiger partial charge < -0.3 is 4.79 Å². The molecule has 5 nitrogen and oxygen atoms in total. The van der Waals surface area contributed by atoms with Crippen molar-refractivity contribution < 1.29 is 13.2 Å². The van der Waals surface area contributed by atoms with E-state index in [1.807, 2.05) is 0 Å². The number of hydrogen-bond acceptors (Lipinski definition) is 4.